The van der Waals surface area contributed by atoms with Crippen LogP contribution in [0.3, 0.4) is 0 Å². The molecule has 0 aromatic carbocycles. The van der Waals surface area contributed by atoms with E-state index in [-0.39, 0.29) is 5.91 Å². The number of carbonyl (C=O) groups is 2. The Hall–Kier alpha value is -1.30. The van der Waals surface area contributed by atoms with Gasteiger partial charge in [-0.3, -0.25) is 4.79 Å². The summed E-state index contributed by atoms with van der Waals surface area (Å²) in [6.45, 7) is 5.97. The Kier molecular flexibility index (Phi) is 5.17. The fraction of sp³-hybridized carbons (Fsp3) is 0.538. The van der Waals surface area contributed by atoms with Crippen molar-refractivity contribution in [3.63, 3.8) is 0 Å². The van der Waals surface area contributed by atoms with Gasteiger partial charge in [-0.1, -0.05) is 13.8 Å². The average molecular weight is 331 g/mol. The van der Waals surface area contributed by atoms with E-state index >= 15 is 0 Å². The second kappa shape index (κ2) is 6.23. The van der Waals surface area contributed by atoms with Crippen molar-refractivity contribution in [2.24, 2.45) is 0 Å². The predicted octanol–water partition coefficient (Wildman–Crippen LogP) is 2.64. The molecular formula is C13H19BrN2O3. The van der Waals surface area contributed by atoms with E-state index < -0.39 is 11.5 Å². The molecule has 106 valence electrons. The van der Waals surface area contributed by atoms with Crippen LogP contribution in [-0.2, 0) is 11.3 Å². The van der Waals surface area contributed by atoms with Crippen molar-refractivity contribution in [3.8, 4) is 0 Å². The van der Waals surface area contributed by atoms with Crippen molar-refractivity contribution < 1.29 is 14.7 Å². The van der Waals surface area contributed by atoms with E-state index in [9.17, 15) is 14.7 Å². The van der Waals surface area contributed by atoms with Crippen LogP contribution in [0.2, 0.25) is 0 Å². The zero-order chi connectivity index (χ0) is 14.6. The molecule has 0 aliphatic carbocycles. The number of carbonyl (C=O) groups excluding carboxylic acids is 1. The van der Waals surface area contributed by atoms with Crippen LogP contribution in [-0.4, -0.2) is 27.1 Å². The quantitative estimate of drug-likeness (QED) is 0.842. The van der Waals surface area contributed by atoms with Crippen molar-refractivity contribution in [2.45, 2.75) is 45.7 Å². The first-order valence-electron chi connectivity index (χ1n) is 6.25. The third kappa shape index (κ3) is 3.59. The van der Waals surface area contributed by atoms with Crippen molar-refractivity contribution >= 4 is 27.8 Å². The Morgan fingerprint density at radius 1 is 1.47 bits per heavy atom. The molecule has 1 rings (SSSR count). The van der Waals surface area contributed by atoms with Crippen LogP contribution in [0.15, 0.2) is 16.7 Å². The smallest absolute Gasteiger partial charge is 0.329 e. The summed E-state index contributed by atoms with van der Waals surface area (Å²) < 4.78 is 2.62. The molecule has 1 aromatic heterocycles. The number of carboxylic acids is 1. The number of nitrogens with one attached hydrogen (secondary N) is 1. The van der Waals surface area contributed by atoms with Crippen LogP contribution in [0.5, 0.6) is 0 Å². The van der Waals surface area contributed by atoms with Gasteiger partial charge in [0.15, 0.2) is 0 Å². The third-order valence-electron chi connectivity index (χ3n) is 3.13. The second-order valence-electron chi connectivity index (χ2n) is 4.68. The van der Waals surface area contributed by atoms with Gasteiger partial charge in [0, 0.05) is 17.2 Å². The van der Waals surface area contributed by atoms with Gasteiger partial charge < -0.3 is 15.0 Å². The largest absolute Gasteiger partial charge is 0.480 e. The molecule has 0 saturated carbocycles. The summed E-state index contributed by atoms with van der Waals surface area (Å²) in [5.41, 5.74) is -0.778. The highest BCUT2D eigenvalue weighted by Crippen LogP contribution is 2.17. The minimum atomic E-state index is -1.25. The van der Waals surface area contributed by atoms with Crippen molar-refractivity contribution in [3.05, 3.63) is 22.4 Å². The zero-order valence-corrected chi connectivity index (χ0v) is 13.0. The fourth-order valence-electron chi connectivity index (χ4n) is 1.70. The zero-order valence-electron chi connectivity index (χ0n) is 11.4. The van der Waals surface area contributed by atoms with Crippen molar-refractivity contribution in [2.75, 3.05) is 0 Å². The monoisotopic (exact) mass is 330 g/mol. The number of aliphatic carboxylic acids is 1. The summed E-state index contributed by atoms with van der Waals surface area (Å²) in [6.07, 6.45) is 3.04. The molecule has 1 heterocycles. The van der Waals surface area contributed by atoms with E-state index in [1.54, 1.807) is 13.0 Å². The third-order valence-corrected chi connectivity index (χ3v) is 3.56. The van der Waals surface area contributed by atoms with E-state index in [2.05, 4.69) is 21.2 Å². The van der Waals surface area contributed by atoms with Crippen LogP contribution in [0.1, 0.15) is 44.1 Å². The standard InChI is InChI=1S/C13H19BrN2O3/c1-4-6-16-8-9(14)7-10(16)11(17)15-13(3,5-2)12(18)19/h7-8H,4-6H2,1-3H3,(H,15,17)(H,18,19). The topological polar surface area (TPSA) is 71.3 Å². The highest BCUT2D eigenvalue weighted by Gasteiger charge is 2.33. The SMILES string of the molecule is CCCn1cc(Br)cc1C(=O)NC(C)(CC)C(=O)O. The maximum atomic E-state index is 12.2. The number of hydrogen-bond donors (Lipinski definition) is 2. The Balaban J connectivity index is 2.98. The van der Waals surface area contributed by atoms with Gasteiger partial charge in [0.1, 0.15) is 11.2 Å². The van der Waals surface area contributed by atoms with E-state index in [4.69, 9.17) is 0 Å². The Labute approximate surface area is 121 Å². The molecule has 1 unspecified atom stereocenters. The number of amides is 1. The minimum absolute atomic E-state index is 0.323. The average Bonchev–Trinajstić information content (AvgIpc) is 2.70. The number of carboxylic acid groups (broad SMARTS) is 1. The minimum Gasteiger partial charge on any atom is -0.480 e. The molecule has 0 aliphatic heterocycles. The molecule has 0 radical (unpaired) electrons. The van der Waals surface area contributed by atoms with Gasteiger partial charge in [0.25, 0.3) is 5.91 Å². The number of aryl methyl sites for hydroxylation is 1. The summed E-state index contributed by atoms with van der Waals surface area (Å²) in [7, 11) is 0. The fourth-order valence-corrected chi connectivity index (χ4v) is 2.16. The first-order valence-corrected chi connectivity index (χ1v) is 7.05. The van der Waals surface area contributed by atoms with Crippen molar-refractivity contribution in [1.82, 2.24) is 9.88 Å². The molecule has 1 amide bonds. The first-order chi connectivity index (χ1) is 8.84. The van der Waals surface area contributed by atoms with Crippen LogP contribution < -0.4 is 5.32 Å². The molecule has 1 aromatic rings. The summed E-state index contributed by atoms with van der Waals surface area (Å²) in [6, 6.07) is 1.70. The number of hydrogen-bond acceptors (Lipinski definition) is 2. The second-order valence-corrected chi connectivity index (χ2v) is 5.60. The van der Waals surface area contributed by atoms with Gasteiger partial charge in [-0.15, -0.1) is 0 Å². The number of rotatable bonds is 6. The number of aromatic nitrogens is 1. The summed E-state index contributed by atoms with van der Waals surface area (Å²) in [5.74, 6) is -1.40. The molecule has 2 N–H and O–H groups in total. The molecule has 0 spiro atoms. The maximum Gasteiger partial charge on any atom is 0.329 e. The van der Waals surface area contributed by atoms with E-state index in [1.807, 2.05) is 17.7 Å². The maximum absolute atomic E-state index is 12.2. The first kappa shape index (κ1) is 15.8. The molecule has 6 heteroatoms. The van der Waals surface area contributed by atoms with E-state index in [0.717, 1.165) is 10.9 Å². The molecule has 0 bridgehead atoms. The Bertz CT molecular complexity index is 484. The van der Waals surface area contributed by atoms with E-state index in [1.165, 1.54) is 6.92 Å². The van der Waals surface area contributed by atoms with Crippen LogP contribution in [0.4, 0.5) is 0 Å². The van der Waals surface area contributed by atoms with Crippen LogP contribution >= 0.6 is 15.9 Å². The molecular weight excluding hydrogens is 312 g/mol. The Morgan fingerprint density at radius 2 is 2.11 bits per heavy atom. The molecule has 19 heavy (non-hydrogen) atoms. The van der Waals surface area contributed by atoms with Gasteiger partial charge in [-0.2, -0.15) is 0 Å². The lowest BCUT2D eigenvalue weighted by molar-refractivity contribution is -0.143. The molecule has 0 fully saturated rings. The van der Waals surface area contributed by atoms with Gasteiger partial charge in [-0.05, 0) is 41.8 Å². The van der Waals surface area contributed by atoms with Crippen LogP contribution in [0, 0.1) is 0 Å². The van der Waals surface area contributed by atoms with Crippen molar-refractivity contribution in [1.29, 1.82) is 0 Å². The predicted molar refractivity (Wildman–Crippen MR) is 76.2 cm³/mol. The highest BCUT2D eigenvalue weighted by atomic mass is 79.9. The molecule has 0 saturated heterocycles. The Morgan fingerprint density at radius 3 is 2.58 bits per heavy atom. The summed E-state index contributed by atoms with van der Waals surface area (Å²) >= 11 is 3.33. The lowest BCUT2D eigenvalue weighted by atomic mass is 9.99. The molecule has 1 atom stereocenters. The normalized spacial score (nSPS) is 13.9. The summed E-state index contributed by atoms with van der Waals surface area (Å²) in [5, 5.41) is 11.8. The summed E-state index contributed by atoms with van der Waals surface area (Å²) in [4.78, 5) is 23.4. The highest BCUT2D eigenvalue weighted by molar-refractivity contribution is 9.10. The lowest BCUT2D eigenvalue weighted by Crippen LogP contribution is -2.52. The number of nitrogens with zero attached hydrogens (tertiary/aromatic N) is 1. The lowest BCUT2D eigenvalue weighted by Gasteiger charge is -2.24. The van der Waals surface area contributed by atoms with Gasteiger partial charge in [0.05, 0.1) is 0 Å². The van der Waals surface area contributed by atoms with E-state index in [0.29, 0.717) is 18.7 Å². The number of halogens is 1. The molecule has 5 nitrogen and oxygen atoms in total. The molecule has 0 aliphatic rings. The van der Waals surface area contributed by atoms with Crippen LogP contribution in [0.25, 0.3) is 0 Å². The van der Waals surface area contributed by atoms with Gasteiger partial charge in [-0.25, -0.2) is 4.79 Å². The van der Waals surface area contributed by atoms with Gasteiger partial charge in [0.2, 0.25) is 0 Å². The van der Waals surface area contributed by atoms with Gasteiger partial charge >= 0.3 is 5.97 Å².